The van der Waals surface area contributed by atoms with Crippen LogP contribution in [-0.2, 0) is 0 Å². The van der Waals surface area contributed by atoms with Gasteiger partial charge in [-0.25, -0.2) is 4.98 Å². The van der Waals surface area contributed by atoms with Gasteiger partial charge in [0.1, 0.15) is 5.82 Å². The number of nitrogens with zero attached hydrogens (tertiary/aromatic N) is 3. The number of halogens is 1. The summed E-state index contributed by atoms with van der Waals surface area (Å²) in [6.07, 6.45) is 0. The quantitative estimate of drug-likeness (QED) is 0.807. The summed E-state index contributed by atoms with van der Waals surface area (Å²) in [5.41, 5.74) is 1.06. The molecule has 1 aromatic carbocycles. The number of likely N-dealkylation sites (N-methyl/N-ethyl adjacent to an activating group) is 1. The molecule has 2 aromatic rings. The molecular weight excluding hydrogens is 290 g/mol. The average Bonchev–Trinajstić information content (AvgIpc) is 2.39. The number of benzene rings is 1. The van der Waals surface area contributed by atoms with Crippen molar-refractivity contribution in [1.82, 2.24) is 9.88 Å². The van der Waals surface area contributed by atoms with Gasteiger partial charge in [-0.15, -0.1) is 0 Å². The minimum atomic E-state index is 1.05. The molecule has 1 aliphatic rings. The van der Waals surface area contributed by atoms with Gasteiger partial charge in [0.25, 0.3) is 0 Å². The van der Waals surface area contributed by atoms with E-state index in [9.17, 15) is 0 Å². The molecule has 0 atom stereocenters. The van der Waals surface area contributed by atoms with Gasteiger partial charge in [-0.1, -0.05) is 18.2 Å². The molecule has 0 bridgehead atoms. The van der Waals surface area contributed by atoms with Crippen molar-refractivity contribution in [2.45, 2.75) is 0 Å². The van der Waals surface area contributed by atoms with Crippen LogP contribution in [0.4, 0.5) is 5.82 Å². The number of anilines is 1. The van der Waals surface area contributed by atoms with Crippen LogP contribution in [0.1, 0.15) is 0 Å². The van der Waals surface area contributed by atoms with Gasteiger partial charge in [-0.2, -0.15) is 0 Å². The van der Waals surface area contributed by atoms with Crippen molar-refractivity contribution < 1.29 is 0 Å². The molecule has 1 aromatic heterocycles. The third-order valence-corrected chi connectivity index (χ3v) is 4.14. The Morgan fingerprint density at radius 2 is 1.83 bits per heavy atom. The highest BCUT2D eigenvalue weighted by Crippen LogP contribution is 2.27. The number of rotatable bonds is 1. The number of hydrogen-bond donors (Lipinski definition) is 0. The van der Waals surface area contributed by atoms with Crippen LogP contribution in [0.15, 0.2) is 34.8 Å². The first-order valence-corrected chi connectivity index (χ1v) is 7.02. The van der Waals surface area contributed by atoms with E-state index in [1.165, 1.54) is 5.39 Å². The topological polar surface area (TPSA) is 19.4 Å². The van der Waals surface area contributed by atoms with Gasteiger partial charge in [0.2, 0.25) is 0 Å². The number of piperazine rings is 1. The van der Waals surface area contributed by atoms with Gasteiger partial charge < -0.3 is 9.80 Å². The van der Waals surface area contributed by atoms with E-state index < -0.39 is 0 Å². The molecule has 0 N–H and O–H groups in total. The summed E-state index contributed by atoms with van der Waals surface area (Å²) in [5, 5.41) is 1.18. The van der Waals surface area contributed by atoms with Gasteiger partial charge in [-0.3, -0.25) is 0 Å². The lowest BCUT2D eigenvalue weighted by Crippen LogP contribution is -2.44. The molecule has 4 heteroatoms. The highest BCUT2D eigenvalue weighted by atomic mass is 79.9. The van der Waals surface area contributed by atoms with Crippen LogP contribution in [0.3, 0.4) is 0 Å². The molecular formula is C14H16BrN3. The average molecular weight is 306 g/mol. The summed E-state index contributed by atoms with van der Waals surface area (Å²) in [6.45, 7) is 4.31. The molecule has 3 rings (SSSR count). The predicted octanol–water partition coefficient (Wildman–Crippen LogP) is 2.75. The number of hydrogen-bond acceptors (Lipinski definition) is 3. The van der Waals surface area contributed by atoms with Crippen LogP contribution in [0.2, 0.25) is 0 Å². The second kappa shape index (κ2) is 4.86. The van der Waals surface area contributed by atoms with Gasteiger partial charge in [0, 0.05) is 36.0 Å². The Hall–Kier alpha value is -1.13. The van der Waals surface area contributed by atoms with Crippen LogP contribution < -0.4 is 4.90 Å². The Kier molecular flexibility index (Phi) is 3.22. The largest absolute Gasteiger partial charge is 0.354 e. The first-order chi connectivity index (χ1) is 8.74. The van der Waals surface area contributed by atoms with E-state index in [2.05, 4.69) is 51.0 Å². The summed E-state index contributed by atoms with van der Waals surface area (Å²) in [6, 6.07) is 10.4. The Balaban J connectivity index is 1.97. The van der Waals surface area contributed by atoms with Crippen LogP contribution in [0, 0.1) is 0 Å². The molecule has 0 radical (unpaired) electrons. The third kappa shape index (κ3) is 2.22. The van der Waals surface area contributed by atoms with Crippen molar-refractivity contribution in [3.05, 3.63) is 34.8 Å². The monoisotopic (exact) mass is 305 g/mol. The van der Waals surface area contributed by atoms with Crippen molar-refractivity contribution in [1.29, 1.82) is 0 Å². The number of para-hydroxylation sites is 1. The number of pyridine rings is 1. The normalized spacial score (nSPS) is 17.3. The molecule has 0 aliphatic carbocycles. The van der Waals surface area contributed by atoms with Gasteiger partial charge in [-0.05, 0) is 35.1 Å². The molecule has 3 nitrogen and oxygen atoms in total. The van der Waals surface area contributed by atoms with Crippen molar-refractivity contribution in [2.24, 2.45) is 0 Å². The predicted molar refractivity (Wildman–Crippen MR) is 79.2 cm³/mol. The molecule has 1 aliphatic heterocycles. The summed E-state index contributed by atoms with van der Waals surface area (Å²) in [4.78, 5) is 9.47. The standard InChI is InChI=1S/C14H16BrN3/c1-17-6-8-18(9-7-17)14-10-12(15)11-4-2-3-5-13(11)16-14/h2-5,10H,6-9H2,1H3. The minimum absolute atomic E-state index is 1.05. The fourth-order valence-electron chi connectivity index (χ4n) is 2.32. The second-order valence-electron chi connectivity index (χ2n) is 4.77. The van der Waals surface area contributed by atoms with Gasteiger partial charge in [0.15, 0.2) is 0 Å². The van der Waals surface area contributed by atoms with E-state index in [-0.39, 0.29) is 0 Å². The maximum Gasteiger partial charge on any atom is 0.130 e. The molecule has 2 heterocycles. The lowest BCUT2D eigenvalue weighted by molar-refractivity contribution is 0.312. The summed E-state index contributed by atoms with van der Waals surface area (Å²) < 4.78 is 1.13. The van der Waals surface area contributed by atoms with Crippen LogP contribution in [0.5, 0.6) is 0 Å². The molecule has 0 amide bonds. The Bertz CT molecular complexity index is 562. The molecule has 18 heavy (non-hydrogen) atoms. The van der Waals surface area contributed by atoms with Gasteiger partial charge >= 0.3 is 0 Å². The van der Waals surface area contributed by atoms with E-state index in [0.717, 1.165) is 42.0 Å². The third-order valence-electron chi connectivity index (χ3n) is 3.48. The first-order valence-electron chi connectivity index (χ1n) is 6.23. The highest BCUT2D eigenvalue weighted by Gasteiger charge is 2.16. The lowest BCUT2D eigenvalue weighted by atomic mass is 10.2. The van der Waals surface area contributed by atoms with Crippen molar-refractivity contribution >= 4 is 32.7 Å². The Morgan fingerprint density at radius 1 is 1.11 bits per heavy atom. The van der Waals surface area contributed by atoms with Crippen molar-refractivity contribution in [3.63, 3.8) is 0 Å². The van der Waals surface area contributed by atoms with Crippen LogP contribution >= 0.6 is 15.9 Å². The molecule has 0 unspecified atom stereocenters. The zero-order valence-electron chi connectivity index (χ0n) is 10.4. The fraction of sp³-hybridized carbons (Fsp3) is 0.357. The van der Waals surface area contributed by atoms with Gasteiger partial charge in [0.05, 0.1) is 5.52 Å². The van der Waals surface area contributed by atoms with E-state index >= 15 is 0 Å². The zero-order chi connectivity index (χ0) is 12.5. The van der Waals surface area contributed by atoms with Crippen LogP contribution in [0.25, 0.3) is 10.9 Å². The second-order valence-corrected chi connectivity index (χ2v) is 5.62. The first kappa shape index (κ1) is 11.9. The molecule has 1 fully saturated rings. The Labute approximate surface area is 116 Å². The minimum Gasteiger partial charge on any atom is -0.354 e. The molecule has 0 spiro atoms. The molecule has 1 saturated heterocycles. The smallest absolute Gasteiger partial charge is 0.130 e. The van der Waals surface area contributed by atoms with Crippen molar-refractivity contribution in [2.75, 3.05) is 38.1 Å². The van der Waals surface area contributed by atoms with E-state index in [1.54, 1.807) is 0 Å². The summed E-state index contributed by atoms with van der Waals surface area (Å²) >= 11 is 3.65. The maximum absolute atomic E-state index is 4.76. The SMILES string of the molecule is CN1CCN(c2cc(Br)c3ccccc3n2)CC1. The fourth-order valence-corrected chi connectivity index (χ4v) is 2.86. The van der Waals surface area contributed by atoms with E-state index in [1.807, 2.05) is 12.1 Å². The molecule has 94 valence electrons. The highest BCUT2D eigenvalue weighted by molar-refractivity contribution is 9.10. The number of fused-ring (bicyclic) bond motifs is 1. The lowest BCUT2D eigenvalue weighted by Gasteiger charge is -2.33. The van der Waals surface area contributed by atoms with E-state index in [0.29, 0.717) is 0 Å². The zero-order valence-corrected chi connectivity index (χ0v) is 12.0. The number of aromatic nitrogens is 1. The Morgan fingerprint density at radius 3 is 2.61 bits per heavy atom. The van der Waals surface area contributed by atoms with Crippen molar-refractivity contribution in [3.8, 4) is 0 Å². The van der Waals surface area contributed by atoms with Crippen LogP contribution in [-0.4, -0.2) is 43.1 Å². The molecule has 0 saturated carbocycles. The summed E-state index contributed by atoms with van der Waals surface area (Å²) in [5.74, 6) is 1.08. The maximum atomic E-state index is 4.76. The van der Waals surface area contributed by atoms with E-state index in [4.69, 9.17) is 4.98 Å². The summed E-state index contributed by atoms with van der Waals surface area (Å²) in [7, 11) is 2.17.